The Labute approximate surface area is 307 Å². The number of nitrogens with zero attached hydrogens (tertiary/aromatic N) is 1. The molecule has 0 saturated carbocycles. The van der Waals surface area contributed by atoms with E-state index in [1.807, 2.05) is 6.07 Å². The van der Waals surface area contributed by atoms with Crippen LogP contribution >= 0.6 is 0 Å². The molecule has 1 aromatic heterocycles. The highest BCUT2D eigenvalue weighted by atomic mass is 16.3. The fourth-order valence-corrected chi connectivity index (χ4v) is 9.06. The first-order valence-corrected chi connectivity index (χ1v) is 18.3. The summed E-state index contributed by atoms with van der Waals surface area (Å²) in [5.41, 5.74) is 12.1. The molecule has 2 nitrogen and oxygen atoms in total. The van der Waals surface area contributed by atoms with E-state index in [0.717, 1.165) is 39.0 Å². The highest BCUT2D eigenvalue weighted by Gasteiger charge is 2.46. The summed E-state index contributed by atoms with van der Waals surface area (Å²) in [6, 6.07) is 73.0. The van der Waals surface area contributed by atoms with E-state index >= 15 is 0 Å². The number of benzene rings is 9. The minimum Gasteiger partial charge on any atom is -0.456 e. The molecule has 0 bridgehead atoms. The van der Waals surface area contributed by atoms with Crippen LogP contribution in [0.5, 0.6) is 0 Å². The molecule has 9 aromatic carbocycles. The maximum atomic E-state index is 6.36. The first kappa shape index (κ1) is 29.8. The van der Waals surface area contributed by atoms with Crippen molar-refractivity contribution in [2.24, 2.45) is 0 Å². The van der Waals surface area contributed by atoms with Gasteiger partial charge in [-0.3, -0.25) is 0 Å². The molecule has 0 N–H and O–H groups in total. The zero-order chi connectivity index (χ0) is 34.9. The Hall–Kier alpha value is -6.90. The molecule has 1 aliphatic carbocycles. The van der Waals surface area contributed by atoms with E-state index in [2.05, 4.69) is 199 Å². The van der Waals surface area contributed by atoms with Crippen LogP contribution in [0.15, 0.2) is 205 Å². The third-order valence-corrected chi connectivity index (χ3v) is 11.3. The van der Waals surface area contributed by atoms with Gasteiger partial charge < -0.3 is 9.32 Å². The van der Waals surface area contributed by atoms with Crippen molar-refractivity contribution in [2.75, 3.05) is 4.90 Å². The summed E-state index contributed by atoms with van der Waals surface area (Å²) < 4.78 is 6.36. The average Bonchev–Trinajstić information content (AvgIpc) is 3.75. The van der Waals surface area contributed by atoms with Crippen molar-refractivity contribution in [3.05, 3.63) is 222 Å². The SMILES string of the molecule is c1ccc(C2(c3ccc4oc5ccccc5c4c3)c3ccccc3-c3ccc(N(c4cccc5ccccc45)c4cccc5ccccc45)cc32)cc1. The average molecular weight is 676 g/mol. The van der Waals surface area contributed by atoms with Crippen molar-refractivity contribution >= 4 is 60.5 Å². The van der Waals surface area contributed by atoms with Crippen molar-refractivity contribution in [1.82, 2.24) is 0 Å². The lowest BCUT2D eigenvalue weighted by Crippen LogP contribution is -2.28. The van der Waals surface area contributed by atoms with Gasteiger partial charge in [-0.25, -0.2) is 0 Å². The normalized spacial score (nSPS) is 14.9. The molecule has 2 heteroatoms. The second kappa shape index (κ2) is 11.6. The Bertz CT molecular complexity index is 2940. The molecule has 0 aliphatic heterocycles. The number of anilines is 3. The smallest absolute Gasteiger partial charge is 0.135 e. The summed E-state index contributed by atoms with van der Waals surface area (Å²) in [6.07, 6.45) is 0. The number of rotatable bonds is 5. The van der Waals surface area contributed by atoms with Crippen molar-refractivity contribution in [3.63, 3.8) is 0 Å². The van der Waals surface area contributed by atoms with Crippen LogP contribution in [0.4, 0.5) is 17.1 Å². The largest absolute Gasteiger partial charge is 0.456 e. The van der Waals surface area contributed by atoms with Crippen molar-refractivity contribution in [2.45, 2.75) is 5.41 Å². The Morgan fingerprint density at radius 2 is 0.943 bits per heavy atom. The van der Waals surface area contributed by atoms with Crippen molar-refractivity contribution in [3.8, 4) is 11.1 Å². The third-order valence-electron chi connectivity index (χ3n) is 11.3. The predicted octanol–water partition coefficient (Wildman–Crippen LogP) is 13.7. The Morgan fingerprint density at radius 3 is 1.70 bits per heavy atom. The lowest BCUT2D eigenvalue weighted by Gasteiger charge is -2.35. The van der Waals surface area contributed by atoms with Crippen LogP contribution in [-0.4, -0.2) is 0 Å². The number of furan rings is 1. The van der Waals surface area contributed by atoms with E-state index in [-0.39, 0.29) is 0 Å². The number of hydrogen-bond acceptors (Lipinski definition) is 2. The minimum atomic E-state index is -0.584. The van der Waals surface area contributed by atoms with E-state index in [9.17, 15) is 0 Å². The van der Waals surface area contributed by atoms with Gasteiger partial charge in [-0.15, -0.1) is 0 Å². The molecule has 0 amide bonds. The summed E-state index contributed by atoms with van der Waals surface area (Å²) >= 11 is 0. The highest BCUT2D eigenvalue weighted by molar-refractivity contribution is 6.07. The number of para-hydroxylation sites is 1. The highest BCUT2D eigenvalue weighted by Crippen LogP contribution is 2.58. The summed E-state index contributed by atoms with van der Waals surface area (Å²) in [5.74, 6) is 0. The van der Waals surface area contributed by atoms with Gasteiger partial charge in [-0.2, -0.15) is 0 Å². The fourth-order valence-electron chi connectivity index (χ4n) is 9.06. The zero-order valence-corrected chi connectivity index (χ0v) is 28.9. The topological polar surface area (TPSA) is 16.4 Å². The lowest BCUT2D eigenvalue weighted by molar-refractivity contribution is 0.668. The molecule has 1 heterocycles. The molecule has 0 saturated heterocycles. The minimum absolute atomic E-state index is 0.584. The van der Waals surface area contributed by atoms with Crippen molar-refractivity contribution in [1.29, 1.82) is 0 Å². The maximum Gasteiger partial charge on any atom is 0.135 e. The second-order valence-corrected chi connectivity index (χ2v) is 14.0. The van der Waals surface area contributed by atoms with Crippen LogP contribution in [0.3, 0.4) is 0 Å². The zero-order valence-electron chi connectivity index (χ0n) is 28.9. The van der Waals surface area contributed by atoms with E-state index in [4.69, 9.17) is 4.42 Å². The number of hydrogen-bond donors (Lipinski definition) is 0. The molecule has 1 unspecified atom stereocenters. The third kappa shape index (κ3) is 4.33. The summed E-state index contributed by atoms with van der Waals surface area (Å²) in [7, 11) is 0. The first-order chi connectivity index (χ1) is 26.3. The van der Waals surface area contributed by atoms with E-state index in [0.29, 0.717) is 0 Å². The number of fused-ring (bicyclic) bond motifs is 8. The maximum absolute atomic E-state index is 6.36. The summed E-state index contributed by atoms with van der Waals surface area (Å²) in [6.45, 7) is 0. The van der Waals surface area contributed by atoms with Crippen LogP contribution < -0.4 is 4.90 Å². The van der Waals surface area contributed by atoms with Gasteiger partial charge in [0.1, 0.15) is 11.2 Å². The first-order valence-electron chi connectivity index (χ1n) is 18.3. The molecule has 53 heavy (non-hydrogen) atoms. The Morgan fingerprint density at radius 1 is 0.358 bits per heavy atom. The van der Waals surface area contributed by atoms with Gasteiger partial charge in [0.2, 0.25) is 0 Å². The summed E-state index contributed by atoms with van der Waals surface area (Å²) in [5, 5.41) is 7.09. The van der Waals surface area contributed by atoms with Crippen LogP contribution in [0.2, 0.25) is 0 Å². The molecule has 0 spiro atoms. The standard InChI is InChI=1S/C51H33NO/c1-2-18-36(19-3-1)51(37-28-31-50-44(32-37)43-23-9-11-27-49(43)53-50)45-24-10-8-22-41(45)42-30-29-38(33-46(42)51)52(47-25-12-16-34-14-4-6-20-39(34)47)48-26-13-17-35-15-5-7-21-40(35)48/h1-33H. The Kier molecular flexibility index (Phi) is 6.50. The molecule has 1 aliphatic rings. The molecule has 0 radical (unpaired) electrons. The molecular formula is C51H33NO. The molecule has 10 aromatic rings. The van der Waals surface area contributed by atoms with Gasteiger partial charge in [-0.05, 0) is 86.6 Å². The molecule has 248 valence electrons. The van der Waals surface area contributed by atoms with E-state index in [1.165, 1.54) is 54.9 Å². The van der Waals surface area contributed by atoms with Crippen LogP contribution in [0.1, 0.15) is 22.3 Å². The van der Waals surface area contributed by atoms with Crippen LogP contribution in [0, 0.1) is 0 Å². The lowest BCUT2D eigenvalue weighted by atomic mass is 9.67. The van der Waals surface area contributed by atoms with Gasteiger partial charge in [0.15, 0.2) is 0 Å². The molecular weight excluding hydrogens is 643 g/mol. The van der Waals surface area contributed by atoms with E-state index < -0.39 is 5.41 Å². The van der Waals surface area contributed by atoms with Gasteiger partial charge in [0, 0.05) is 27.2 Å². The van der Waals surface area contributed by atoms with Crippen LogP contribution in [-0.2, 0) is 5.41 Å². The quantitative estimate of drug-likeness (QED) is 0.181. The molecule has 1 atom stereocenters. The summed E-state index contributed by atoms with van der Waals surface area (Å²) in [4.78, 5) is 2.47. The Balaban J connectivity index is 1.25. The van der Waals surface area contributed by atoms with Crippen molar-refractivity contribution < 1.29 is 4.42 Å². The van der Waals surface area contributed by atoms with Gasteiger partial charge in [0.05, 0.1) is 16.8 Å². The molecule has 11 rings (SSSR count). The van der Waals surface area contributed by atoms with E-state index in [1.54, 1.807) is 0 Å². The molecule has 0 fully saturated rings. The van der Waals surface area contributed by atoms with Crippen LogP contribution in [0.25, 0.3) is 54.6 Å². The second-order valence-electron chi connectivity index (χ2n) is 14.0. The predicted molar refractivity (Wildman–Crippen MR) is 221 cm³/mol. The van der Waals surface area contributed by atoms with Gasteiger partial charge in [0.25, 0.3) is 0 Å². The fraction of sp³-hybridized carbons (Fsp3) is 0.0196. The van der Waals surface area contributed by atoms with Gasteiger partial charge in [-0.1, -0.05) is 158 Å². The van der Waals surface area contributed by atoms with Gasteiger partial charge >= 0.3 is 0 Å². The monoisotopic (exact) mass is 675 g/mol.